The highest BCUT2D eigenvalue weighted by molar-refractivity contribution is 6.03. The molecule has 0 spiro atoms. The van der Waals surface area contributed by atoms with Crippen LogP contribution < -0.4 is 5.73 Å². The van der Waals surface area contributed by atoms with Gasteiger partial charge in [-0.2, -0.15) is 5.10 Å². The largest absolute Gasteiger partial charge is 0.396 e. The van der Waals surface area contributed by atoms with Crippen molar-refractivity contribution in [2.45, 2.75) is 6.42 Å². The number of fused-ring (bicyclic) bond motifs is 1. The molecule has 0 aromatic carbocycles. The Morgan fingerprint density at radius 2 is 2.19 bits per heavy atom. The fraction of sp³-hybridized carbons (Fsp3) is 0.143. The first-order valence-electron chi connectivity index (χ1n) is 6.39. The average Bonchev–Trinajstić information content (AvgIpc) is 2.92. The van der Waals surface area contributed by atoms with E-state index in [9.17, 15) is 4.79 Å². The summed E-state index contributed by atoms with van der Waals surface area (Å²) in [6, 6.07) is 5.24. The summed E-state index contributed by atoms with van der Waals surface area (Å²) in [7, 11) is 0. The standard InChI is InChI=1S/C14H13N5O2/c15-14(21)11-2-5-19-13(11)12(17-8-18-19)9-1-4-16-10(7-9)3-6-20/h1-2,4-5,7-8,20H,3,6H2,(H2,15,21). The topological polar surface area (TPSA) is 106 Å². The van der Waals surface area contributed by atoms with Crippen molar-refractivity contribution in [1.29, 1.82) is 0 Å². The summed E-state index contributed by atoms with van der Waals surface area (Å²) in [5.41, 5.74) is 8.47. The van der Waals surface area contributed by atoms with Crippen LogP contribution in [0.1, 0.15) is 16.1 Å². The first kappa shape index (κ1) is 13.2. The molecule has 7 nitrogen and oxygen atoms in total. The number of primary amides is 1. The number of carbonyl (C=O) groups is 1. The molecule has 3 heterocycles. The Morgan fingerprint density at radius 3 is 2.95 bits per heavy atom. The molecule has 3 rings (SSSR count). The number of aliphatic hydroxyl groups excluding tert-OH is 1. The van der Waals surface area contributed by atoms with Gasteiger partial charge in [0.15, 0.2) is 0 Å². The Labute approximate surface area is 120 Å². The zero-order valence-electron chi connectivity index (χ0n) is 11.1. The number of rotatable bonds is 4. The molecule has 7 heteroatoms. The molecule has 0 aliphatic rings. The summed E-state index contributed by atoms with van der Waals surface area (Å²) >= 11 is 0. The average molecular weight is 283 g/mol. The van der Waals surface area contributed by atoms with Crippen LogP contribution in [0.2, 0.25) is 0 Å². The second-order valence-electron chi connectivity index (χ2n) is 4.50. The summed E-state index contributed by atoms with van der Waals surface area (Å²) in [6.45, 7) is 0.0211. The maximum absolute atomic E-state index is 11.5. The lowest BCUT2D eigenvalue weighted by molar-refractivity contribution is 0.100. The fourth-order valence-corrected chi connectivity index (χ4v) is 2.24. The van der Waals surface area contributed by atoms with Gasteiger partial charge in [0.1, 0.15) is 11.8 Å². The molecule has 21 heavy (non-hydrogen) atoms. The normalized spacial score (nSPS) is 10.9. The van der Waals surface area contributed by atoms with Crippen LogP contribution in [-0.4, -0.2) is 37.2 Å². The summed E-state index contributed by atoms with van der Waals surface area (Å²) in [5, 5.41) is 13.1. The molecule has 0 unspecified atom stereocenters. The summed E-state index contributed by atoms with van der Waals surface area (Å²) < 4.78 is 1.56. The van der Waals surface area contributed by atoms with Crippen LogP contribution in [0.5, 0.6) is 0 Å². The lowest BCUT2D eigenvalue weighted by Gasteiger charge is -2.06. The Morgan fingerprint density at radius 1 is 1.33 bits per heavy atom. The molecule has 0 atom stereocenters. The van der Waals surface area contributed by atoms with Gasteiger partial charge >= 0.3 is 0 Å². The SMILES string of the molecule is NC(=O)c1ccn2ncnc(-c3ccnc(CCO)c3)c12. The smallest absolute Gasteiger partial charge is 0.251 e. The van der Waals surface area contributed by atoms with E-state index in [0.29, 0.717) is 23.2 Å². The van der Waals surface area contributed by atoms with Crippen molar-refractivity contribution in [2.24, 2.45) is 5.73 Å². The number of aliphatic hydroxyl groups is 1. The minimum atomic E-state index is -0.529. The van der Waals surface area contributed by atoms with Crippen LogP contribution in [-0.2, 0) is 6.42 Å². The Kier molecular flexibility index (Phi) is 3.33. The van der Waals surface area contributed by atoms with Crippen molar-refractivity contribution in [3.05, 3.63) is 48.2 Å². The summed E-state index contributed by atoms with van der Waals surface area (Å²) in [6.07, 6.45) is 5.18. The van der Waals surface area contributed by atoms with Gasteiger partial charge in [-0.25, -0.2) is 9.50 Å². The predicted molar refractivity (Wildman–Crippen MR) is 75.5 cm³/mol. The molecular formula is C14H13N5O2. The van der Waals surface area contributed by atoms with E-state index >= 15 is 0 Å². The second kappa shape index (κ2) is 5.29. The minimum Gasteiger partial charge on any atom is -0.396 e. The first-order chi connectivity index (χ1) is 10.2. The van der Waals surface area contributed by atoms with E-state index in [1.165, 1.54) is 6.33 Å². The highest BCUT2D eigenvalue weighted by Crippen LogP contribution is 2.25. The molecule has 0 aliphatic carbocycles. The number of carbonyl (C=O) groups excluding carboxylic acids is 1. The Hall–Kier alpha value is -2.80. The molecule has 1 amide bonds. The van der Waals surface area contributed by atoms with Gasteiger partial charge in [0, 0.05) is 36.7 Å². The van der Waals surface area contributed by atoms with Crippen LogP contribution in [0.3, 0.4) is 0 Å². The Balaban J connectivity index is 2.22. The van der Waals surface area contributed by atoms with Gasteiger partial charge in [-0.3, -0.25) is 9.78 Å². The lowest BCUT2D eigenvalue weighted by atomic mass is 10.1. The summed E-state index contributed by atoms with van der Waals surface area (Å²) in [4.78, 5) is 20.0. The third-order valence-electron chi connectivity index (χ3n) is 3.18. The number of hydrogen-bond acceptors (Lipinski definition) is 5. The number of aromatic nitrogens is 4. The second-order valence-corrected chi connectivity index (χ2v) is 4.50. The molecular weight excluding hydrogens is 270 g/mol. The minimum absolute atomic E-state index is 0.0211. The molecule has 0 bridgehead atoms. The van der Waals surface area contributed by atoms with Crippen molar-refractivity contribution in [3.63, 3.8) is 0 Å². The van der Waals surface area contributed by atoms with Gasteiger partial charge < -0.3 is 10.8 Å². The van der Waals surface area contributed by atoms with Crippen molar-refractivity contribution >= 4 is 11.4 Å². The molecule has 0 radical (unpaired) electrons. The summed E-state index contributed by atoms with van der Waals surface area (Å²) in [5.74, 6) is -0.529. The molecule has 0 aliphatic heterocycles. The zero-order valence-corrected chi connectivity index (χ0v) is 11.1. The van der Waals surface area contributed by atoms with Gasteiger partial charge in [-0.1, -0.05) is 0 Å². The number of amides is 1. The third-order valence-corrected chi connectivity index (χ3v) is 3.18. The maximum atomic E-state index is 11.5. The van der Waals surface area contributed by atoms with E-state index in [-0.39, 0.29) is 6.61 Å². The van der Waals surface area contributed by atoms with Crippen molar-refractivity contribution in [2.75, 3.05) is 6.61 Å². The number of nitrogens with zero attached hydrogens (tertiary/aromatic N) is 4. The van der Waals surface area contributed by atoms with Crippen LogP contribution >= 0.6 is 0 Å². The van der Waals surface area contributed by atoms with Gasteiger partial charge in [0.05, 0.1) is 11.3 Å². The number of hydrogen-bond donors (Lipinski definition) is 2. The van der Waals surface area contributed by atoms with Gasteiger partial charge in [0.2, 0.25) is 0 Å². The van der Waals surface area contributed by atoms with Gasteiger partial charge in [-0.05, 0) is 18.2 Å². The van der Waals surface area contributed by atoms with Crippen molar-refractivity contribution in [1.82, 2.24) is 19.6 Å². The quantitative estimate of drug-likeness (QED) is 0.722. The molecule has 3 N–H and O–H groups in total. The molecule has 106 valence electrons. The monoisotopic (exact) mass is 283 g/mol. The fourth-order valence-electron chi connectivity index (χ4n) is 2.24. The predicted octanol–water partition coefficient (Wildman–Crippen LogP) is 0.425. The van der Waals surface area contributed by atoms with E-state index < -0.39 is 5.91 Å². The highest BCUT2D eigenvalue weighted by atomic mass is 16.3. The number of nitrogens with two attached hydrogens (primary N) is 1. The van der Waals surface area contributed by atoms with E-state index in [1.807, 2.05) is 6.07 Å². The van der Waals surface area contributed by atoms with E-state index in [1.54, 1.807) is 29.0 Å². The van der Waals surface area contributed by atoms with Crippen LogP contribution in [0.4, 0.5) is 0 Å². The van der Waals surface area contributed by atoms with Crippen LogP contribution in [0.25, 0.3) is 16.8 Å². The van der Waals surface area contributed by atoms with Gasteiger partial charge in [0.25, 0.3) is 5.91 Å². The van der Waals surface area contributed by atoms with Crippen LogP contribution in [0.15, 0.2) is 36.9 Å². The van der Waals surface area contributed by atoms with E-state index in [2.05, 4.69) is 15.1 Å². The molecule has 3 aromatic heterocycles. The molecule has 3 aromatic rings. The lowest BCUT2D eigenvalue weighted by Crippen LogP contribution is -2.11. The van der Waals surface area contributed by atoms with E-state index in [4.69, 9.17) is 10.8 Å². The Bertz CT molecular complexity index is 812. The first-order valence-corrected chi connectivity index (χ1v) is 6.39. The van der Waals surface area contributed by atoms with E-state index in [0.717, 1.165) is 11.3 Å². The highest BCUT2D eigenvalue weighted by Gasteiger charge is 2.15. The van der Waals surface area contributed by atoms with Crippen molar-refractivity contribution in [3.8, 4) is 11.3 Å². The number of pyridine rings is 1. The van der Waals surface area contributed by atoms with Gasteiger partial charge in [-0.15, -0.1) is 0 Å². The molecule has 0 saturated heterocycles. The maximum Gasteiger partial charge on any atom is 0.251 e. The molecule has 0 fully saturated rings. The third kappa shape index (κ3) is 2.34. The zero-order chi connectivity index (χ0) is 14.8. The van der Waals surface area contributed by atoms with Crippen molar-refractivity contribution < 1.29 is 9.90 Å². The van der Waals surface area contributed by atoms with Crippen LogP contribution in [0, 0.1) is 0 Å². The molecule has 0 saturated carbocycles.